The van der Waals surface area contributed by atoms with Gasteiger partial charge in [-0.3, -0.25) is 4.40 Å². The van der Waals surface area contributed by atoms with Crippen LogP contribution in [0.4, 0.5) is 24.7 Å². The third-order valence-corrected chi connectivity index (χ3v) is 3.50. The van der Waals surface area contributed by atoms with Gasteiger partial charge in [0.05, 0.1) is 23.6 Å². The largest absolute Gasteiger partial charge is 0.494 e. The molecule has 0 aliphatic carbocycles. The summed E-state index contributed by atoms with van der Waals surface area (Å²) in [5.41, 5.74) is 0.667. The molecule has 1 aromatic carbocycles. The number of aromatic nitrogens is 2. The zero-order valence-corrected chi connectivity index (χ0v) is 13.6. The van der Waals surface area contributed by atoms with Crippen LogP contribution in [-0.2, 0) is 6.18 Å². The number of fused-ring (bicyclic) bond motifs is 1. The van der Waals surface area contributed by atoms with Crippen molar-refractivity contribution in [3.8, 4) is 5.75 Å². The fourth-order valence-corrected chi connectivity index (χ4v) is 2.32. The minimum absolute atomic E-state index is 0.259. The predicted molar refractivity (Wildman–Crippen MR) is 86.7 cm³/mol. The Kier molecular flexibility index (Phi) is 4.43. The van der Waals surface area contributed by atoms with Gasteiger partial charge in [0.15, 0.2) is 5.82 Å². The number of ether oxygens (including phenoxy) is 1. The Balaban J connectivity index is 1.95. The summed E-state index contributed by atoms with van der Waals surface area (Å²) >= 11 is 0. The lowest BCUT2D eigenvalue weighted by Crippen LogP contribution is -2.06. The predicted octanol–water partition coefficient (Wildman–Crippen LogP) is 5.48. The van der Waals surface area contributed by atoms with Crippen molar-refractivity contribution in [2.24, 2.45) is 10.2 Å². The van der Waals surface area contributed by atoms with Gasteiger partial charge in [0.1, 0.15) is 11.4 Å². The van der Waals surface area contributed by atoms with Crippen LogP contribution in [0.3, 0.4) is 0 Å². The molecule has 0 bridgehead atoms. The zero-order chi connectivity index (χ0) is 18.0. The molecule has 0 spiro atoms. The van der Waals surface area contributed by atoms with Crippen LogP contribution in [0.5, 0.6) is 5.75 Å². The van der Waals surface area contributed by atoms with Crippen molar-refractivity contribution in [1.82, 2.24) is 9.38 Å². The highest BCUT2D eigenvalue weighted by Gasteiger charge is 2.31. The van der Waals surface area contributed by atoms with E-state index in [1.165, 1.54) is 10.5 Å². The van der Waals surface area contributed by atoms with Gasteiger partial charge < -0.3 is 4.74 Å². The normalized spacial score (nSPS) is 12.2. The van der Waals surface area contributed by atoms with E-state index in [4.69, 9.17) is 4.74 Å². The van der Waals surface area contributed by atoms with Crippen molar-refractivity contribution in [2.45, 2.75) is 20.0 Å². The molecule has 25 heavy (non-hydrogen) atoms. The molecular formula is C17H15F3N4O. The van der Waals surface area contributed by atoms with Gasteiger partial charge in [-0.05, 0) is 50.2 Å². The first kappa shape index (κ1) is 16.9. The summed E-state index contributed by atoms with van der Waals surface area (Å²) in [6, 6.07) is 9.24. The van der Waals surface area contributed by atoms with Crippen LogP contribution in [0.1, 0.15) is 18.2 Å². The zero-order valence-electron chi connectivity index (χ0n) is 13.6. The third-order valence-electron chi connectivity index (χ3n) is 3.50. The van der Waals surface area contributed by atoms with Crippen LogP contribution in [0, 0.1) is 6.92 Å². The van der Waals surface area contributed by atoms with Crippen molar-refractivity contribution in [3.05, 3.63) is 53.9 Å². The number of imidazole rings is 1. The second kappa shape index (κ2) is 6.54. The number of hydrogen-bond acceptors (Lipinski definition) is 4. The minimum atomic E-state index is -4.43. The molecular weight excluding hydrogens is 333 g/mol. The lowest BCUT2D eigenvalue weighted by Gasteiger charge is -2.07. The highest BCUT2D eigenvalue weighted by molar-refractivity contribution is 5.53. The number of hydrogen-bond donors (Lipinski definition) is 0. The van der Waals surface area contributed by atoms with Crippen LogP contribution >= 0.6 is 0 Å². The van der Waals surface area contributed by atoms with E-state index in [2.05, 4.69) is 15.2 Å². The van der Waals surface area contributed by atoms with E-state index in [1.54, 1.807) is 31.2 Å². The summed E-state index contributed by atoms with van der Waals surface area (Å²) in [6.07, 6.45) is -3.46. The lowest BCUT2D eigenvalue weighted by molar-refractivity contribution is -0.137. The van der Waals surface area contributed by atoms with E-state index >= 15 is 0 Å². The molecule has 0 saturated carbocycles. The van der Waals surface area contributed by atoms with Crippen LogP contribution in [0.15, 0.2) is 52.8 Å². The van der Waals surface area contributed by atoms with E-state index in [0.717, 1.165) is 12.3 Å². The minimum Gasteiger partial charge on any atom is -0.494 e. The van der Waals surface area contributed by atoms with Crippen LogP contribution in [-0.4, -0.2) is 16.0 Å². The maximum Gasteiger partial charge on any atom is 0.417 e. The Morgan fingerprint density at radius 1 is 1.08 bits per heavy atom. The first-order valence-electron chi connectivity index (χ1n) is 7.59. The average molecular weight is 348 g/mol. The Hall–Kier alpha value is -2.90. The Bertz CT molecular complexity index is 914. The molecule has 5 nitrogen and oxygen atoms in total. The number of nitrogens with zero attached hydrogens (tertiary/aromatic N) is 4. The second-order valence-corrected chi connectivity index (χ2v) is 5.29. The molecule has 130 valence electrons. The van der Waals surface area contributed by atoms with Crippen molar-refractivity contribution >= 4 is 17.2 Å². The molecule has 0 amide bonds. The van der Waals surface area contributed by atoms with E-state index in [-0.39, 0.29) is 5.82 Å². The molecule has 3 aromatic rings. The molecule has 2 heterocycles. The Morgan fingerprint density at radius 2 is 1.80 bits per heavy atom. The monoisotopic (exact) mass is 348 g/mol. The number of alkyl halides is 3. The average Bonchev–Trinajstić information content (AvgIpc) is 2.88. The molecule has 0 radical (unpaired) electrons. The van der Waals surface area contributed by atoms with E-state index < -0.39 is 11.7 Å². The topological polar surface area (TPSA) is 51.2 Å². The molecule has 0 aliphatic heterocycles. The molecule has 3 rings (SSSR count). The van der Waals surface area contributed by atoms with Gasteiger partial charge in [-0.25, -0.2) is 4.98 Å². The molecule has 0 fully saturated rings. The third kappa shape index (κ3) is 3.62. The van der Waals surface area contributed by atoms with E-state index in [9.17, 15) is 13.2 Å². The van der Waals surface area contributed by atoms with Crippen molar-refractivity contribution in [1.29, 1.82) is 0 Å². The smallest absolute Gasteiger partial charge is 0.417 e. The number of halogens is 3. The molecule has 0 unspecified atom stereocenters. The van der Waals surface area contributed by atoms with Gasteiger partial charge in [-0.2, -0.15) is 13.2 Å². The Morgan fingerprint density at radius 3 is 2.44 bits per heavy atom. The second-order valence-electron chi connectivity index (χ2n) is 5.29. The molecule has 2 aromatic heterocycles. The van der Waals surface area contributed by atoms with Crippen LogP contribution in [0.2, 0.25) is 0 Å². The van der Waals surface area contributed by atoms with Crippen LogP contribution in [0.25, 0.3) is 5.65 Å². The van der Waals surface area contributed by atoms with Gasteiger partial charge in [0.25, 0.3) is 0 Å². The summed E-state index contributed by atoms with van der Waals surface area (Å²) in [4.78, 5) is 4.21. The highest BCUT2D eigenvalue weighted by atomic mass is 19.4. The number of aryl methyl sites for hydroxylation is 1. The summed E-state index contributed by atoms with van der Waals surface area (Å²) < 4.78 is 45.3. The SMILES string of the molecule is CCOc1ccc(N=Nc2c(C)nc3ccc(C(F)(F)F)cn23)cc1. The Labute approximate surface area is 141 Å². The van der Waals surface area contributed by atoms with Gasteiger partial charge in [0.2, 0.25) is 0 Å². The van der Waals surface area contributed by atoms with Crippen LogP contribution < -0.4 is 4.74 Å². The summed E-state index contributed by atoms with van der Waals surface area (Å²) in [5.74, 6) is 0.970. The molecule has 0 aliphatic rings. The number of rotatable bonds is 4. The lowest BCUT2D eigenvalue weighted by atomic mass is 10.3. The molecule has 0 atom stereocenters. The van der Waals surface area contributed by atoms with Crippen molar-refractivity contribution < 1.29 is 17.9 Å². The highest BCUT2D eigenvalue weighted by Crippen LogP contribution is 2.31. The number of benzene rings is 1. The van der Waals surface area contributed by atoms with E-state index in [1.807, 2.05) is 6.92 Å². The van der Waals surface area contributed by atoms with E-state index in [0.29, 0.717) is 29.4 Å². The fourth-order valence-electron chi connectivity index (χ4n) is 2.32. The fraction of sp³-hybridized carbons (Fsp3) is 0.235. The number of azo groups is 1. The molecule has 8 heteroatoms. The van der Waals surface area contributed by atoms with Gasteiger partial charge >= 0.3 is 6.18 Å². The first-order chi connectivity index (χ1) is 11.9. The van der Waals surface area contributed by atoms with Gasteiger partial charge in [-0.1, -0.05) is 0 Å². The maximum absolute atomic E-state index is 12.9. The standard InChI is InChI=1S/C17H15F3N4O/c1-3-25-14-7-5-13(6-8-14)22-23-16-11(2)21-15-9-4-12(10-24(15)16)17(18,19)20/h4-10H,3H2,1-2H3. The van der Waals surface area contributed by atoms with Crippen molar-refractivity contribution in [2.75, 3.05) is 6.61 Å². The number of pyridine rings is 1. The molecule has 0 saturated heterocycles. The summed E-state index contributed by atoms with van der Waals surface area (Å²) in [5, 5.41) is 8.16. The van der Waals surface area contributed by atoms with Crippen molar-refractivity contribution in [3.63, 3.8) is 0 Å². The quantitative estimate of drug-likeness (QED) is 0.587. The first-order valence-corrected chi connectivity index (χ1v) is 7.59. The molecule has 0 N–H and O–H groups in total. The summed E-state index contributed by atoms with van der Waals surface area (Å²) in [7, 11) is 0. The summed E-state index contributed by atoms with van der Waals surface area (Å²) in [6.45, 7) is 4.12. The maximum atomic E-state index is 12.9. The van der Waals surface area contributed by atoms with Gasteiger partial charge in [0, 0.05) is 6.20 Å². The van der Waals surface area contributed by atoms with Gasteiger partial charge in [-0.15, -0.1) is 10.2 Å².